The van der Waals surface area contributed by atoms with Crippen LogP contribution in [0, 0.1) is 5.82 Å². The third-order valence-electron chi connectivity index (χ3n) is 6.68. The summed E-state index contributed by atoms with van der Waals surface area (Å²) in [6, 6.07) is 4.80. The summed E-state index contributed by atoms with van der Waals surface area (Å²) in [5.74, 6) is -0.435. The number of morpholine rings is 1. The average molecular weight is 494 g/mol. The number of halogens is 1. The largest absolute Gasteiger partial charge is 0.442 e. The minimum Gasteiger partial charge on any atom is -0.442 e. The van der Waals surface area contributed by atoms with Crippen molar-refractivity contribution in [2.45, 2.75) is 51.6 Å². The van der Waals surface area contributed by atoms with E-state index in [0.717, 1.165) is 13.0 Å². The first kappa shape index (κ1) is 27.2. The topological polar surface area (TPSA) is 71.1 Å². The lowest BCUT2D eigenvalue weighted by atomic mass is 10.1. The second kappa shape index (κ2) is 13.1. The number of amides is 2. The number of nitrogens with one attached hydrogen (secondary N) is 1. The van der Waals surface area contributed by atoms with Gasteiger partial charge in [-0.2, -0.15) is 0 Å². The maximum Gasteiger partial charge on any atom is 0.414 e. The van der Waals surface area contributed by atoms with Crippen LogP contribution in [-0.2, 0) is 14.3 Å². The van der Waals surface area contributed by atoms with Crippen LogP contribution in [0.25, 0.3) is 0 Å². The van der Waals surface area contributed by atoms with Crippen molar-refractivity contribution in [2.75, 3.05) is 76.4 Å². The van der Waals surface area contributed by atoms with Gasteiger partial charge in [-0.15, -0.1) is 0 Å². The van der Waals surface area contributed by atoms with E-state index in [1.807, 2.05) is 4.90 Å². The lowest BCUT2D eigenvalue weighted by molar-refractivity contribution is -0.882. The van der Waals surface area contributed by atoms with E-state index in [4.69, 9.17) is 9.47 Å². The molecule has 0 aliphatic carbocycles. The highest BCUT2D eigenvalue weighted by atomic mass is 19.1. The second-order valence-corrected chi connectivity index (χ2v) is 10.2. The fraction of sp³-hybridized carbons (Fsp3) is 0.692. The standard InChI is InChI=1S/C26H41FN4O4/c1-4-5-6-7-8-9-14-31(2,3)20-25(32)28-18-22-19-30(26(33)35-22)21-10-11-24(23(27)17-21)29-12-15-34-16-13-29/h10-11,17,22H,4-9,12-16,18-20H2,1-3H3/p+1/t22-/m0/s1. The fourth-order valence-electron chi connectivity index (χ4n) is 4.63. The molecule has 8 nitrogen and oxygen atoms in total. The number of nitrogens with zero attached hydrogens (tertiary/aromatic N) is 3. The van der Waals surface area contributed by atoms with E-state index in [0.29, 0.717) is 48.7 Å². The predicted molar refractivity (Wildman–Crippen MR) is 135 cm³/mol. The molecule has 1 aromatic carbocycles. The number of hydrogen-bond acceptors (Lipinski definition) is 5. The van der Waals surface area contributed by atoms with Gasteiger partial charge in [0.2, 0.25) is 0 Å². The van der Waals surface area contributed by atoms with Crippen molar-refractivity contribution in [1.29, 1.82) is 0 Å². The van der Waals surface area contributed by atoms with Crippen LogP contribution in [-0.4, -0.2) is 89.2 Å². The number of likely N-dealkylation sites (N-methyl/N-ethyl adjacent to an activating group) is 1. The Balaban J connectivity index is 1.43. The first-order chi connectivity index (χ1) is 16.8. The number of carbonyl (C=O) groups excluding carboxylic acids is 2. The summed E-state index contributed by atoms with van der Waals surface area (Å²) < 4.78 is 26.2. The van der Waals surface area contributed by atoms with Gasteiger partial charge in [0.05, 0.1) is 58.3 Å². The van der Waals surface area contributed by atoms with Crippen molar-refractivity contribution >= 4 is 23.4 Å². The van der Waals surface area contributed by atoms with E-state index in [1.54, 1.807) is 12.1 Å². The number of rotatable bonds is 13. The highest BCUT2D eigenvalue weighted by Crippen LogP contribution is 2.28. The summed E-state index contributed by atoms with van der Waals surface area (Å²) >= 11 is 0. The van der Waals surface area contributed by atoms with Crippen LogP contribution in [0.15, 0.2) is 18.2 Å². The Bertz CT molecular complexity index is 845. The average Bonchev–Trinajstić information content (AvgIpc) is 3.20. The quantitative estimate of drug-likeness (QED) is 0.336. The molecule has 0 saturated carbocycles. The van der Waals surface area contributed by atoms with Crippen LogP contribution in [0.1, 0.15) is 45.4 Å². The molecule has 2 saturated heterocycles. The minimum atomic E-state index is -0.526. The number of cyclic esters (lactones) is 1. The Morgan fingerprint density at radius 2 is 1.86 bits per heavy atom. The summed E-state index contributed by atoms with van der Waals surface area (Å²) in [7, 11) is 4.14. The van der Waals surface area contributed by atoms with Gasteiger partial charge < -0.3 is 24.2 Å². The Morgan fingerprint density at radius 3 is 2.57 bits per heavy atom. The van der Waals surface area contributed by atoms with E-state index in [1.165, 1.54) is 43.1 Å². The van der Waals surface area contributed by atoms with Gasteiger partial charge in [0.1, 0.15) is 11.9 Å². The van der Waals surface area contributed by atoms with Crippen LogP contribution in [0.4, 0.5) is 20.6 Å². The normalized spacial score (nSPS) is 18.6. The van der Waals surface area contributed by atoms with Crippen LogP contribution in [0.2, 0.25) is 0 Å². The van der Waals surface area contributed by atoms with Gasteiger partial charge in [-0.25, -0.2) is 9.18 Å². The van der Waals surface area contributed by atoms with Crippen LogP contribution in [0.5, 0.6) is 0 Å². The number of benzene rings is 1. The molecular weight excluding hydrogens is 451 g/mol. The molecule has 0 radical (unpaired) electrons. The number of quaternary nitrogens is 1. The summed E-state index contributed by atoms with van der Waals surface area (Å²) in [5.41, 5.74) is 0.963. The third-order valence-corrected chi connectivity index (χ3v) is 6.68. The maximum absolute atomic E-state index is 14.8. The number of hydrogen-bond donors (Lipinski definition) is 1. The van der Waals surface area contributed by atoms with Gasteiger partial charge in [-0.05, 0) is 31.0 Å². The molecule has 0 unspecified atom stereocenters. The van der Waals surface area contributed by atoms with Crippen molar-refractivity contribution in [3.05, 3.63) is 24.0 Å². The fourth-order valence-corrected chi connectivity index (χ4v) is 4.63. The predicted octanol–water partition coefficient (Wildman–Crippen LogP) is 3.54. The van der Waals surface area contributed by atoms with Crippen LogP contribution >= 0.6 is 0 Å². The molecule has 2 aliphatic heterocycles. The molecule has 1 aromatic rings. The molecule has 9 heteroatoms. The number of unbranched alkanes of at least 4 members (excludes halogenated alkanes) is 5. The van der Waals surface area contributed by atoms with Crippen molar-refractivity contribution in [1.82, 2.24) is 5.32 Å². The molecule has 1 N–H and O–H groups in total. The first-order valence-corrected chi connectivity index (χ1v) is 13.0. The summed E-state index contributed by atoms with van der Waals surface area (Å²) in [5, 5.41) is 2.90. The molecule has 196 valence electrons. The summed E-state index contributed by atoms with van der Waals surface area (Å²) in [6.45, 7) is 6.48. The molecule has 0 aromatic heterocycles. The Morgan fingerprint density at radius 1 is 1.14 bits per heavy atom. The first-order valence-electron chi connectivity index (χ1n) is 13.0. The molecule has 1 atom stereocenters. The smallest absolute Gasteiger partial charge is 0.414 e. The minimum absolute atomic E-state index is 0.0589. The Labute approximate surface area is 208 Å². The summed E-state index contributed by atoms with van der Waals surface area (Å²) in [4.78, 5) is 28.3. The van der Waals surface area contributed by atoms with Gasteiger partial charge in [-0.1, -0.05) is 32.6 Å². The summed E-state index contributed by atoms with van der Waals surface area (Å²) in [6.07, 6.45) is 6.39. The zero-order valence-corrected chi connectivity index (χ0v) is 21.6. The van der Waals surface area contributed by atoms with E-state index in [9.17, 15) is 14.0 Å². The van der Waals surface area contributed by atoms with Gasteiger partial charge >= 0.3 is 6.09 Å². The number of anilines is 2. The van der Waals surface area contributed by atoms with Crippen molar-refractivity contribution in [3.8, 4) is 0 Å². The van der Waals surface area contributed by atoms with Crippen LogP contribution in [0.3, 0.4) is 0 Å². The van der Waals surface area contributed by atoms with E-state index < -0.39 is 12.2 Å². The number of ether oxygens (including phenoxy) is 2. The van der Waals surface area contributed by atoms with Gasteiger partial charge in [-0.3, -0.25) is 9.69 Å². The van der Waals surface area contributed by atoms with E-state index in [-0.39, 0.29) is 24.8 Å². The zero-order valence-electron chi connectivity index (χ0n) is 21.6. The molecule has 2 fully saturated rings. The molecule has 35 heavy (non-hydrogen) atoms. The number of carbonyl (C=O) groups is 2. The molecular formula is C26H42FN4O4+. The monoisotopic (exact) mass is 493 g/mol. The SMILES string of the molecule is CCCCCCCC[N+](C)(C)CC(=O)NC[C@H]1CN(c2ccc(N3CCOCC3)c(F)c2)C(=O)O1. The maximum atomic E-state index is 14.8. The van der Waals surface area contributed by atoms with Crippen molar-refractivity contribution in [3.63, 3.8) is 0 Å². The van der Waals surface area contributed by atoms with Crippen molar-refractivity contribution in [2.24, 2.45) is 0 Å². The highest BCUT2D eigenvalue weighted by Gasteiger charge is 2.33. The zero-order chi connectivity index (χ0) is 25.3. The molecule has 3 rings (SSSR count). The molecule has 0 bridgehead atoms. The molecule has 0 spiro atoms. The molecule has 2 amide bonds. The van der Waals surface area contributed by atoms with Crippen LogP contribution < -0.4 is 15.1 Å². The third kappa shape index (κ3) is 8.35. The van der Waals surface area contributed by atoms with Gasteiger partial charge in [0, 0.05) is 13.1 Å². The van der Waals surface area contributed by atoms with Crippen molar-refractivity contribution < 1.29 is 27.9 Å². The highest BCUT2D eigenvalue weighted by molar-refractivity contribution is 5.90. The molecule has 2 aliphatic rings. The molecule has 2 heterocycles. The lowest BCUT2D eigenvalue weighted by Crippen LogP contribution is -2.49. The lowest BCUT2D eigenvalue weighted by Gasteiger charge is -2.29. The Hall–Kier alpha value is -2.39. The van der Waals surface area contributed by atoms with E-state index in [2.05, 4.69) is 26.3 Å². The second-order valence-electron chi connectivity index (χ2n) is 10.2. The van der Waals surface area contributed by atoms with Gasteiger partial charge in [0.25, 0.3) is 5.91 Å². The van der Waals surface area contributed by atoms with E-state index >= 15 is 0 Å². The Kier molecular flexibility index (Phi) is 10.2. The van der Waals surface area contributed by atoms with Gasteiger partial charge in [0.15, 0.2) is 6.54 Å².